The van der Waals surface area contributed by atoms with Gasteiger partial charge < -0.3 is 10.0 Å². The fourth-order valence-corrected chi connectivity index (χ4v) is 3.88. The van der Waals surface area contributed by atoms with Crippen LogP contribution in [0, 0.1) is 11.7 Å². The number of nitrogens with zero attached hydrogens (tertiary/aromatic N) is 2. The Bertz CT molecular complexity index is 719. The first-order valence-electron chi connectivity index (χ1n) is 8.17. The molecule has 1 aliphatic rings. The molecule has 2 aromatic rings. The van der Waals surface area contributed by atoms with Crippen molar-refractivity contribution in [3.05, 3.63) is 51.7 Å². The normalized spacial score (nSPS) is 21.0. The Hall–Kier alpha value is -1.79. The zero-order chi connectivity index (χ0) is 17.1. The standard InChI is InChI=1S/C18H21FN2O2S/c1-12-5-6-14(10-22)9-21(12)18(23)16-11-24-17(20-16)8-13-3-2-4-15(19)7-13/h2-4,7,11-12,14,22H,5-6,8-10H2,1H3. The van der Waals surface area contributed by atoms with Crippen molar-refractivity contribution < 1.29 is 14.3 Å². The molecular weight excluding hydrogens is 327 g/mol. The van der Waals surface area contributed by atoms with Crippen molar-refractivity contribution >= 4 is 17.2 Å². The molecule has 2 unspecified atom stereocenters. The van der Waals surface area contributed by atoms with Crippen LogP contribution in [0.5, 0.6) is 0 Å². The first kappa shape index (κ1) is 17.0. The van der Waals surface area contributed by atoms with Gasteiger partial charge in [0, 0.05) is 31.0 Å². The number of carbonyl (C=O) groups is 1. The number of carbonyl (C=O) groups excluding carboxylic acids is 1. The number of amides is 1. The summed E-state index contributed by atoms with van der Waals surface area (Å²) >= 11 is 1.42. The van der Waals surface area contributed by atoms with Crippen LogP contribution in [0.1, 0.15) is 40.8 Å². The maximum absolute atomic E-state index is 13.3. The Kier molecular flexibility index (Phi) is 5.26. The van der Waals surface area contributed by atoms with E-state index in [4.69, 9.17) is 0 Å². The van der Waals surface area contributed by atoms with Gasteiger partial charge in [-0.3, -0.25) is 4.79 Å². The van der Waals surface area contributed by atoms with E-state index in [1.165, 1.54) is 23.5 Å². The number of aromatic nitrogens is 1. The Labute approximate surface area is 145 Å². The second kappa shape index (κ2) is 7.40. The third-order valence-electron chi connectivity index (χ3n) is 4.51. The van der Waals surface area contributed by atoms with Crippen molar-refractivity contribution in [3.63, 3.8) is 0 Å². The fraction of sp³-hybridized carbons (Fsp3) is 0.444. The third kappa shape index (κ3) is 3.82. The molecule has 6 heteroatoms. The lowest BCUT2D eigenvalue weighted by Crippen LogP contribution is -2.46. The van der Waals surface area contributed by atoms with Gasteiger partial charge in [0.1, 0.15) is 11.5 Å². The molecule has 1 aromatic carbocycles. The predicted molar refractivity (Wildman–Crippen MR) is 91.6 cm³/mol. The SMILES string of the molecule is CC1CCC(CO)CN1C(=O)c1csc(Cc2cccc(F)c2)n1. The number of aliphatic hydroxyl groups excluding tert-OH is 1. The highest BCUT2D eigenvalue weighted by Gasteiger charge is 2.30. The van der Waals surface area contributed by atoms with Gasteiger partial charge in [-0.15, -0.1) is 11.3 Å². The van der Waals surface area contributed by atoms with E-state index in [9.17, 15) is 14.3 Å². The van der Waals surface area contributed by atoms with Gasteiger partial charge in [-0.25, -0.2) is 9.37 Å². The Morgan fingerprint density at radius 3 is 3.04 bits per heavy atom. The summed E-state index contributed by atoms with van der Waals surface area (Å²) in [5.74, 6) is -0.199. The molecule has 1 aromatic heterocycles. The van der Waals surface area contributed by atoms with E-state index in [0.717, 1.165) is 23.4 Å². The van der Waals surface area contributed by atoms with Gasteiger partial charge >= 0.3 is 0 Å². The van der Waals surface area contributed by atoms with E-state index in [-0.39, 0.29) is 30.3 Å². The molecular formula is C18H21FN2O2S. The molecule has 4 nitrogen and oxygen atoms in total. The minimum Gasteiger partial charge on any atom is -0.396 e. The molecule has 2 heterocycles. The summed E-state index contributed by atoms with van der Waals surface area (Å²) in [6, 6.07) is 6.59. The average molecular weight is 348 g/mol. The summed E-state index contributed by atoms with van der Waals surface area (Å²) in [5, 5.41) is 11.9. The number of hydrogen-bond donors (Lipinski definition) is 1. The fourth-order valence-electron chi connectivity index (χ4n) is 3.07. The van der Waals surface area contributed by atoms with E-state index in [2.05, 4.69) is 4.98 Å². The van der Waals surface area contributed by atoms with E-state index >= 15 is 0 Å². The van der Waals surface area contributed by atoms with Crippen molar-refractivity contribution in [2.75, 3.05) is 13.2 Å². The smallest absolute Gasteiger partial charge is 0.273 e. The van der Waals surface area contributed by atoms with Gasteiger partial charge in [0.05, 0.1) is 5.01 Å². The lowest BCUT2D eigenvalue weighted by atomic mass is 9.94. The molecule has 0 radical (unpaired) electrons. The van der Waals surface area contributed by atoms with Crippen molar-refractivity contribution in [2.24, 2.45) is 5.92 Å². The highest BCUT2D eigenvalue weighted by molar-refractivity contribution is 7.09. The summed E-state index contributed by atoms with van der Waals surface area (Å²) in [6.07, 6.45) is 2.37. The van der Waals surface area contributed by atoms with Crippen LogP contribution < -0.4 is 0 Å². The summed E-state index contributed by atoms with van der Waals surface area (Å²) in [5.41, 5.74) is 1.28. The molecule has 0 bridgehead atoms. The third-order valence-corrected chi connectivity index (χ3v) is 5.36. The number of hydrogen-bond acceptors (Lipinski definition) is 4. The number of halogens is 1. The molecule has 24 heavy (non-hydrogen) atoms. The van der Waals surface area contributed by atoms with Gasteiger partial charge in [-0.05, 0) is 43.4 Å². The van der Waals surface area contributed by atoms with Crippen molar-refractivity contribution in [1.82, 2.24) is 9.88 Å². The molecule has 2 atom stereocenters. The highest BCUT2D eigenvalue weighted by Crippen LogP contribution is 2.24. The number of thiazole rings is 1. The Morgan fingerprint density at radius 2 is 2.29 bits per heavy atom. The monoisotopic (exact) mass is 348 g/mol. The molecule has 0 saturated carbocycles. The van der Waals surface area contributed by atoms with E-state index in [1.54, 1.807) is 11.4 Å². The molecule has 0 aliphatic carbocycles. The summed E-state index contributed by atoms with van der Waals surface area (Å²) in [6.45, 7) is 2.72. The lowest BCUT2D eigenvalue weighted by molar-refractivity contribution is 0.0484. The number of aliphatic hydroxyl groups is 1. The van der Waals surface area contributed by atoms with Crippen LogP contribution in [-0.2, 0) is 6.42 Å². The van der Waals surface area contributed by atoms with Crippen molar-refractivity contribution in [1.29, 1.82) is 0 Å². The van der Waals surface area contributed by atoms with E-state index < -0.39 is 0 Å². The number of rotatable bonds is 4. The van der Waals surface area contributed by atoms with Gasteiger partial charge in [0.15, 0.2) is 0 Å². The van der Waals surface area contributed by atoms with Gasteiger partial charge in [-0.2, -0.15) is 0 Å². The molecule has 1 saturated heterocycles. The van der Waals surface area contributed by atoms with E-state index in [0.29, 0.717) is 18.7 Å². The van der Waals surface area contributed by atoms with Crippen LogP contribution in [0.25, 0.3) is 0 Å². The number of likely N-dealkylation sites (tertiary alicyclic amines) is 1. The molecule has 1 amide bonds. The van der Waals surface area contributed by atoms with Crippen molar-refractivity contribution in [2.45, 2.75) is 32.2 Å². The zero-order valence-corrected chi connectivity index (χ0v) is 14.4. The second-order valence-corrected chi connectivity index (χ2v) is 7.31. The zero-order valence-electron chi connectivity index (χ0n) is 13.6. The second-order valence-electron chi connectivity index (χ2n) is 6.37. The summed E-state index contributed by atoms with van der Waals surface area (Å²) in [7, 11) is 0. The largest absolute Gasteiger partial charge is 0.396 e. The number of benzene rings is 1. The molecule has 128 valence electrons. The lowest BCUT2D eigenvalue weighted by Gasteiger charge is -2.37. The minimum atomic E-state index is -0.266. The predicted octanol–water partition coefficient (Wildman–Crippen LogP) is 3.11. The Morgan fingerprint density at radius 1 is 1.46 bits per heavy atom. The summed E-state index contributed by atoms with van der Waals surface area (Å²) < 4.78 is 13.3. The number of piperidine rings is 1. The maximum Gasteiger partial charge on any atom is 0.273 e. The van der Waals surface area contributed by atoms with Crippen LogP contribution >= 0.6 is 11.3 Å². The summed E-state index contributed by atoms with van der Waals surface area (Å²) in [4.78, 5) is 19.0. The topological polar surface area (TPSA) is 53.4 Å². The molecule has 3 rings (SSSR count). The van der Waals surface area contributed by atoms with Crippen LogP contribution in [0.15, 0.2) is 29.6 Å². The molecule has 0 spiro atoms. The van der Waals surface area contributed by atoms with Gasteiger partial charge in [0.25, 0.3) is 5.91 Å². The van der Waals surface area contributed by atoms with Gasteiger partial charge in [0.2, 0.25) is 0 Å². The minimum absolute atomic E-state index is 0.0811. The van der Waals surface area contributed by atoms with Crippen LogP contribution in [-0.4, -0.2) is 40.1 Å². The maximum atomic E-state index is 13.3. The van der Waals surface area contributed by atoms with Crippen LogP contribution in [0.3, 0.4) is 0 Å². The molecule has 1 fully saturated rings. The highest BCUT2D eigenvalue weighted by atomic mass is 32.1. The molecule has 1 N–H and O–H groups in total. The average Bonchev–Trinajstić information content (AvgIpc) is 3.03. The first-order chi connectivity index (χ1) is 11.6. The molecule has 1 aliphatic heterocycles. The first-order valence-corrected chi connectivity index (χ1v) is 9.05. The Balaban J connectivity index is 1.71. The van der Waals surface area contributed by atoms with Crippen molar-refractivity contribution in [3.8, 4) is 0 Å². The van der Waals surface area contributed by atoms with Gasteiger partial charge in [-0.1, -0.05) is 12.1 Å². The van der Waals surface area contributed by atoms with Crippen LogP contribution in [0.4, 0.5) is 4.39 Å². The quantitative estimate of drug-likeness (QED) is 0.924. The van der Waals surface area contributed by atoms with Crippen LogP contribution in [0.2, 0.25) is 0 Å². The van der Waals surface area contributed by atoms with E-state index in [1.807, 2.05) is 17.9 Å².